The van der Waals surface area contributed by atoms with Gasteiger partial charge in [0.15, 0.2) is 11.5 Å². The predicted molar refractivity (Wildman–Crippen MR) is 46.3 cm³/mol. The molecule has 4 nitrogen and oxygen atoms in total. The molecule has 0 aliphatic carbocycles. The molecule has 0 aliphatic heterocycles. The number of ketones is 1. The average molecular weight is 181 g/mol. The van der Waals surface area contributed by atoms with Crippen LogP contribution in [0.5, 0.6) is 0 Å². The molecular weight excluding hydrogens is 170 g/mol. The Bertz CT molecular complexity index is 303. The number of rotatable bonds is 3. The minimum absolute atomic E-state index is 0.0834. The summed E-state index contributed by atoms with van der Waals surface area (Å²) in [6, 6.07) is 2.69. The fraction of sp³-hybridized carbons (Fsp3) is 0.333. The molecule has 0 spiro atoms. The highest BCUT2D eigenvalue weighted by Crippen LogP contribution is 1.99. The molecule has 70 valence electrons. The van der Waals surface area contributed by atoms with Gasteiger partial charge in [0.1, 0.15) is 0 Å². The van der Waals surface area contributed by atoms with Crippen molar-refractivity contribution in [1.82, 2.24) is 5.32 Å². The molecule has 1 N–H and O–H groups in total. The van der Waals surface area contributed by atoms with Crippen molar-refractivity contribution >= 4 is 11.7 Å². The summed E-state index contributed by atoms with van der Waals surface area (Å²) in [6.45, 7) is 3.05. The van der Waals surface area contributed by atoms with Gasteiger partial charge in [0.25, 0.3) is 5.91 Å². The molecule has 0 saturated heterocycles. The van der Waals surface area contributed by atoms with Gasteiger partial charge < -0.3 is 9.73 Å². The van der Waals surface area contributed by atoms with Crippen LogP contribution in [0.25, 0.3) is 0 Å². The lowest BCUT2D eigenvalue weighted by molar-refractivity contribution is -0.118. The number of hydrogen-bond acceptors (Lipinski definition) is 3. The molecule has 13 heavy (non-hydrogen) atoms. The van der Waals surface area contributed by atoms with Crippen LogP contribution >= 0.6 is 0 Å². The summed E-state index contributed by atoms with van der Waals surface area (Å²) in [5.41, 5.74) is 0. The van der Waals surface area contributed by atoms with E-state index < -0.39 is 6.04 Å². The van der Waals surface area contributed by atoms with Gasteiger partial charge in [-0.05, 0) is 26.0 Å². The van der Waals surface area contributed by atoms with E-state index >= 15 is 0 Å². The van der Waals surface area contributed by atoms with Gasteiger partial charge >= 0.3 is 0 Å². The number of Topliss-reactive ketones (excluding diaryl/α,β-unsaturated/α-hetero) is 1. The van der Waals surface area contributed by atoms with Gasteiger partial charge in [-0.15, -0.1) is 0 Å². The van der Waals surface area contributed by atoms with Crippen LogP contribution in [0.2, 0.25) is 0 Å². The molecule has 0 radical (unpaired) electrons. The summed E-state index contributed by atoms with van der Waals surface area (Å²) in [5, 5.41) is 2.50. The Morgan fingerprint density at radius 3 is 2.69 bits per heavy atom. The van der Waals surface area contributed by atoms with Crippen LogP contribution in [0.3, 0.4) is 0 Å². The van der Waals surface area contributed by atoms with E-state index in [4.69, 9.17) is 4.42 Å². The first kappa shape index (κ1) is 9.51. The third-order valence-corrected chi connectivity index (χ3v) is 1.70. The van der Waals surface area contributed by atoms with Gasteiger partial charge in [0, 0.05) is 0 Å². The summed E-state index contributed by atoms with van der Waals surface area (Å²) >= 11 is 0. The first-order valence-corrected chi connectivity index (χ1v) is 3.96. The van der Waals surface area contributed by atoms with Gasteiger partial charge in [0.05, 0.1) is 12.3 Å². The van der Waals surface area contributed by atoms with Crippen LogP contribution in [0.4, 0.5) is 0 Å². The van der Waals surface area contributed by atoms with Crippen molar-refractivity contribution in [3.05, 3.63) is 24.2 Å². The second-order valence-electron chi connectivity index (χ2n) is 2.78. The highest BCUT2D eigenvalue weighted by atomic mass is 16.3. The zero-order valence-electron chi connectivity index (χ0n) is 7.53. The third-order valence-electron chi connectivity index (χ3n) is 1.70. The molecule has 1 aromatic heterocycles. The molecule has 1 aromatic rings. The normalized spacial score (nSPS) is 12.2. The molecule has 0 saturated carbocycles. The van der Waals surface area contributed by atoms with E-state index in [1.54, 1.807) is 19.1 Å². The smallest absolute Gasteiger partial charge is 0.287 e. The summed E-state index contributed by atoms with van der Waals surface area (Å²) in [6.07, 6.45) is 1.41. The van der Waals surface area contributed by atoms with Crippen molar-refractivity contribution < 1.29 is 14.0 Å². The number of amides is 1. The molecule has 4 heteroatoms. The van der Waals surface area contributed by atoms with E-state index in [1.807, 2.05) is 0 Å². The fourth-order valence-corrected chi connectivity index (χ4v) is 0.777. The Kier molecular flexibility index (Phi) is 2.84. The quantitative estimate of drug-likeness (QED) is 0.756. The monoisotopic (exact) mass is 181 g/mol. The maximum atomic E-state index is 11.3. The van der Waals surface area contributed by atoms with Crippen molar-refractivity contribution in [1.29, 1.82) is 0 Å². The molecular formula is C9H11NO3. The first-order chi connectivity index (χ1) is 6.11. The van der Waals surface area contributed by atoms with Crippen LogP contribution < -0.4 is 5.32 Å². The topological polar surface area (TPSA) is 59.3 Å². The zero-order valence-corrected chi connectivity index (χ0v) is 7.53. The Balaban J connectivity index is 2.56. The van der Waals surface area contributed by atoms with Gasteiger partial charge in [-0.1, -0.05) is 0 Å². The summed E-state index contributed by atoms with van der Waals surface area (Å²) in [5.74, 6) is -0.235. The van der Waals surface area contributed by atoms with Crippen LogP contribution in [0.1, 0.15) is 24.4 Å². The molecule has 1 unspecified atom stereocenters. The molecule has 0 aromatic carbocycles. The molecule has 1 amide bonds. The molecule has 0 aliphatic rings. The van der Waals surface area contributed by atoms with Crippen molar-refractivity contribution in [2.24, 2.45) is 0 Å². The molecule has 1 heterocycles. The largest absolute Gasteiger partial charge is 0.459 e. The number of nitrogens with one attached hydrogen (secondary N) is 1. The minimum atomic E-state index is -0.474. The van der Waals surface area contributed by atoms with Gasteiger partial charge in [-0.2, -0.15) is 0 Å². The van der Waals surface area contributed by atoms with Crippen LogP contribution in [0, 0.1) is 0 Å². The predicted octanol–water partition coefficient (Wildman–Crippen LogP) is 0.987. The lowest BCUT2D eigenvalue weighted by Gasteiger charge is -2.07. The maximum Gasteiger partial charge on any atom is 0.287 e. The Labute approximate surface area is 75.9 Å². The fourth-order valence-electron chi connectivity index (χ4n) is 0.777. The van der Waals surface area contributed by atoms with Crippen molar-refractivity contribution in [3.8, 4) is 0 Å². The van der Waals surface area contributed by atoms with E-state index in [1.165, 1.54) is 13.2 Å². The Morgan fingerprint density at radius 1 is 1.54 bits per heavy atom. The Hall–Kier alpha value is -1.58. The molecule has 0 bridgehead atoms. The van der Waals surface area contributed by atoms with Crippen molar-refractivity contribution in [2.75, 3.05) is 0 Å². The summed E-state index contributed by atoms with van der Waals surface area (Å²) in [4.78, 5) is 22.1. The maximum absolute atomic E-state index is 11.3. The zero-order chi connectivity index (χ0) is 9.84. The Morgan fingerprint density at radius 2 is 2.23 bits per heavy atom. The van der Waals surface area contributed by atoms with E-state index in [0.29, 0.717) is 0 Å². The lowest BCUT2D eigenvalue weighted by atomic mass is 10.2. The summed E-state index contributed by atoms with van der Waals surface area (Å²) in [7, 11) is 0. The standard InChI is InChI=1S/C9H11NO3/c1-6(7(2)11)10-9(12)8-4-3-5-13-8/h3-6H,1-2H3,(H,10,12). The second-order valence-corrected chi connectivity index (χ2v) is 2.78. The number of furan rings is 1. The first-order valence-electron chi connectivity index (χ1n) is 3.96. The second kappa shape index (κ2) is 3.89. The number of carbonyl (C=O) groups is 2. The van der Waals surface area contributed by atoms with E-state index in [9.17, 15) is 9.59 Å². The molecule has 1 rings (SSSR count). The minimum Gasteiger partial charge on any atom is -0.459 e. The summed E-state index contributed by atoms with van der Waals surface area (Å²) < 4.78 is 4.85. The number of carbonyl (C=O) groups excluding carboxylic acids is 2. The van der Waals surface area contributed by atoms with Crippen LogP contribution in [-0.2, 0) is 4.79 Å². The van der Waals surface area contributed by atoms with Gasteiger partial charge in [-0.3, -0.25) is 9.59 Å². The van der Waals surface area contributed by atoms with E-state index in [2.05, 4.69) is 5.32 Å². The lowest BCUT2D eigenvalue weighted by Crippen LogP contribution is -2.37. The van der Waals surface area contributed by atoms with Crippen molar-refractivity contribution in [3.63, 3.8) is 0 Å². The number of hydrogen-bond donors (Lipinski definition) is 1. The highest BCUT2D eigenvalue weighted by molar-refractivity contribution is 5.95. The average Bonchev–Trinajstić information content (AvgIpc) is 2.55. The SMILES string of the molecule is CC(=O)C(C)NC(=O)c1ccco1. The molecule has 1 atom stereocenters. The van der Waals surface area contributed by atoms with Crippen molar-refractivity contribution in [2.45, 2.75) is 19.9 Å². The van der Waals surface area contributed by atoms with Crippen LogP contribution in [0.15, 0.2) is 22.8 Å². The van der Waals surface area contributed by atoms with Gasteiger partial charge in [0.2, 0.25) is 0 Å². The highest BCUT2D eigenvalue weighted by Gasteiger charge is 2.14. The van der Waals surface area contributed by atoms with E-state index in [-0.39, 0.29) is 17.5 Å². The third kappa shape index (κ3) is 2.43. The van der Waals surface area contributed by atoms with Gasteiger partial charge in [-0.25, -0.2) is 0 Å². The van der Waals surface area contributed by atoms with E-state index in [0.717, 1.165) is 0 Å². The molecule has 0 fully saturated rings. The van der Waals surface area contributed by atoms with Crippen LogP contribution in [-0.4, -0.2) is 17.7 Å².